The van der Waals surface area contributed by atoms with Crippen molar-refractivity contribution in [1.82, 2.24) is 9.78 Å². The molecule has 2 N–H and O–H groups in total. The summed E-state index contributed by atoms with van der Waals surface area (Å²) < 4.78 is 9.65. The lowest BCUT2D eigenvalue weighted by Crippen LogP contribution is -2.15. The fourth-order valence-electron chi connectivity index (χ4n) is 2.01. The average Bonchev–Trinajstić information content (AvgIpc) is 3.00. The molecule has 94 valence electrons. The van der Waals surface area contributed by atoms with Crippen molar-refractivity contribution < 1.29 is 4.74 Å². The highest BCUT2D eigenvalue weighted by Gasteiger charge is 2.20. The topological polar surface area (TPSA) is 53.1 Å². The highest BCUT2D eigenvalue weighted by atomic mass is 32.1. The molecular formula is C12H13N3OS2. The summed E-state index contributed by atoms with van der Waals surface area (Å²) in [5.41, 5.74) is 7.24. The van der Waals surface area contributed by atoms with Gasteiger partial charge in [0.2, 0.25) is 0 Å². The van der Waals surface area contributed by atoms with Crippen LogP contribution in [0.15, 0.2) is 23.7 Å². The van der Waals surface area contributed by atoms with Crippen LogP contribution in [-0.2, 0) is 7.05 Å². The van der Waals surface area contributed by atoms with E-state index in [1.165, 1.54) is 9.40 Å². The minimum absolute atomic E-state index is 0.197. The Kier molecular flexibility index (Phi) is 2.85. The normalized spacial score (nSPS) is 13.1. The second-order valence-corrected chi connectivity index (χ2v) is 6.06. The average molecular weight is 279 g/mol. The molecule has 0 saturated carbocycles. The zero-order valence-electron chi connectivity index (χ0n) is 10.1. The van der Waals surface area contributed by atoms with Crippen LogP contribution in [0.25, 0.3) is 9.40 Å². The molecule has 3 aromatic heterocycles. The molecule has 1 atom stereocenters. The molecule has 0 saturated heterocycles. The molecular weight excluding hydrogens is 266 g/mol. The minimum atomic E-state index is -0.197. The molecule has 3 aromatic rings. The zero-order chi connectivity index (χ0) is 12.7. The van der Waals surface area contributed by atoms with E-state index >= 15 is 0 Å². The van der Waals surface area contributed by atoms with Gasteiger partial charge in [0.25, 0.3) is 0 Å². The van der Waals surface area contributed by atoms with Gasteiger partial charge in [-0.3, -0.25) is 4.68 Å². The summed E-state index contributed by atoms with van der Waals surface area (Å²) in [6.07, 6.45) is 1.70. The number of hydrogen-bond acceptors (Lipinski definition) is 5. The van der Waals surface area contributed by atoms with Gasteiger partial charge in [-0.25, -0.2) is 0 Å². The van der Waals surface area contributed by atoms with Crippen LogP contribution in [0.2, 0.25) is 0 Å². The lowest BCUT2D eigenvalue weighted by atomic mass is 10.2. The Balaban J connectivity index is 2.05. The Hall–Kier alpha value is -1.37. The number of rotatable bonds is 3. The van der Waals surface area contributed by atoms with E-state index in [0.717, 1.165) is 16.3 Å². The molecule has 0 radical (unpaired) electrons. The molecule has 0 amide bonds. The molecule has 0 aromatic carbocycles. The van der Waals surface area contributed by atoms with Gasteiger partial charge in [0, 0.05) is 21.3 Å². The van der Waals surface area contributed by atoms with Gasteiger partial charge in [-0.15, -0.1) is 22.7 Å². The van der Waals surface area contributed by atoms with E-state index in [4.69, 9.17) is 10.5 Å². The molecule has 3 rings (SSSR count). The summed E-state index contributed by atoms with van der Waals surface area (Å²) in [6, 6.07) is 4.08. The number of aromatic nitrogens is 2. The molecule has 4 nitrogen and oxygen atoms in total. The molecule has 0 aliphatic carbocycles. The van der Waals surface area contributed by atoms with Crippen LogP contribution in [0, 0.1) is 0 Å². The summed E-state index contributed by atoms with van der Waals surface area (Å²) >= 11 is 3.47. The first-order valence-electron chi connectivity index (χ1n) is 5.49. The smallest absolute Gasteiger partial charge is 0.161 e. The SMILES string of the molecule is COc1cnn(C)c1C(N)c1cc2sccc2s1. The maximum absolute atomic E-state index is 6.34. The van der Waals surface area contributed by atoms with Crippen molar-refractivity contribution in [1.29, 1.82) is 0 Å². The van der Waals surface area contributed by atoms with E-state index in [9.17, 15) is 0 Å². The largest absolute Gasteiger partial charge is 0.493 e. The zero-order valence-corrected chi connectivity index (χ0v) is 11.7. The third-order valence-electron chi connectivity index (χ3n) is 2.93. The summed E-state index contributed by atoms with van der Waals surface area (Å²) in [4.78, 5) is 1.14. The fraction of sp³-hybridized carbons (Fsp3) is 0.250. The predicted molar refractivity (Wildman–Crippen MR) is 75.5 cm³/mol. The Morgan fingerprint density at radius 3 is 3.00 bits per heavy atom. The van der Waals surface area contributed by atoms with E-state index in [0.29, 0.717) is 0 Å². The van der Waals surface area contributed by atoms with Crippen LogP contribution in [0.1, 0.15) is 16.6 Å². The second kappa shape index (κ2) is 4.38. The number of fused-ring (bicyclic) bond motifs is 1. The highest BCUT2D eigenvalue weighted by Crippen LogP contribution is 2.36. The van der Waals surface area contributed by atoms with Gasteiger partial charge in [0.15, 0.2) is 5.75 Å². The molecule has 1 unspecified atom stereocenters. The quantitative estimate of drug-likeness (QED) is 0.802. The van der Waals surface area contributed by atoms with Gasteiger partial charge < -0.3 is 10.5 Å². The second-order valence-electron chi connectivity index (χ2n) is 4.00. The van der Waals surface area contributed by atoms with Crippen molar-refractivity contribution >= 4 is 32.1 Å². The first-order chi connectivity index (χ1) is 8.70. The molecule has 0 aliphatic heterocycles. The van der Waals surface area contributed by atoms with Gasteiger partial charge in [-0.2, -0.15) is 5.10 Å². The molecule has 18 heavy (non-hydrogen) atoms. The van der Waals surface area contributed by atoms with Crippen LogP contribution in [0.5, 0.6) is 5.75 Å². The van der Waals surface area contributed by atoms with Crippen molar-refractivity contribution in [2.45, 2.75) is 6.04 Å². The van der Waals surface area contributed by atoms with Crippen molar-refractivity contribution in [3.05, 3.63) is 34.3 Å². The Labute approximate surface area is 113 Å². The van der Waals surface area contributed by atoms with Gasteiger partial charge in [-0.1, -0.05) is 0 Å². The lowest BCUT2D eigenvalue weighted by molar-refractivity contribution is 0.406. The summed E-state index contributed by atoms with van der Waals surface area (Å²) in [6.45, 7) is 0. The first-order valence-corrected chi connectivity index (χ1v) is 7.18. The van der Waals surface area contributed by atoms with E-state index in [-0.39, 0.29) is 6.04 Å². The standard InChI is InChI=1S/C12H13N3OS2/c1-15-12(7(16-2)6-14-15)11(13)10-5-9-8(18-10)3-4-17-9/h3-6,11H,13H2,1-2H3. The van der Waals surface area contributed by atoms with Gasteiger partial charge in [0.1, 0.15) is 5.69 Å². The van der Waals surface area contributed by atoms with Crippen molar-refractivity contribution in [3.63, 3.8) is 0 Å². The Morgan fingerprint density at radius 2 is 2.28 bits per heavy atom. The Bertz CT molecular complexity index is 654. The van der Waals surface area contributed by atoms with Gasteiger partial charge in [-0.05, 0) is 17.5 Å². The number of aryl methyl sites for hydroxylation is 1. The van der Waals surface area contributed by atoms with E-state index in [2.05, 4.69) is 22.6 Å². The maximum atomic E-state index is 6.34. The fourth-order valence-corrected chi connectivity index (χ4v) is 4.14. The molecule has 0 aliphatic rings. The van der Waals surface area contributed by atoms with Crippen LogP contribution in [0.3, 0.4) is 0 Å². The third-order valence-corrected chi connectivity index (χ3v) is 5.11. The molecule has 3 heterocycles. The summed E-state index contributed by atoms with van der Waals surface area (Å²) in [5.74, 6) is 0.738. The number of nitrogens with two attached hydrogens (primary N) is 1. The monoisotopic (exact) mass is 279 g/mol. The van der Waals surface area contributed by atoms with Crippen LogP contribution in [-0.4, -0.2) is 16.9 Å². The van der Waals surface area contributed by atoms with Crippen LogP contribution < -0.4 is 10.5 Å². The van der Waals surface area contributed by atoms with Gasteiger partial charge >= 0.3 is 0 Å². The molecule has 6 heteroatoms. The summed E-state index contributed by atoms with van der Waals surface area (Å²) in [5, 5.41) is 6.29. The number of hydrogen-bond donors (Lipinski definition) is 1. The van der Waals surface area contributed by atoms with Crippen molar-refractivity contribution in [2.75, 3.05) is 7.11 Å². The number of methoxy groups -OCH3 is 1. The predicted octanol–water partition coefficient (Wildman–Crippen LogP) is 2.75. The van der Waals surface area contributed by atoms with Gasteiger partial charge in [0.05, 0.1) is 19.3 Å². The third kappa shape index (κ3) is 1.73. The number of thiophene rings is 2. The minimum Gasteiger partial charge on any atom is -0.493 e. The first kappa shape index (κ1) is 11.7. The number of ether oxygens (including phenoxy) is 1. The molecule has 0 bridgehead atoms. The van der Waals surface area contributed by atoms with E-state index < -0.39 is 0 Å². The molecule has 0 spiro atoms. The Morgan fingerprint density at radius 1 is 1.44 bits per heavy atom. The summed E-state index contributed by atoms with van der Waals surface area (Å²) in [7, 11) is 3.52. The van der Waals surface area contributed by atoms with Crippen LogP contribution in [0.4, 0.5) is 0 Å². The van der Waals surface area contributed by atoms with Crippen LogP contribution >= 0.6 is 22.7 Å². The van der Waals surface area contributed by atoms with Crippen molar-refractivity contribution in [2.24, 2.45) is 12.8 Å². The van der Waals surface area contributed by atoms with E-state index in [1.54, 1.807) is 40.7 Å². The number of nitrogens with zero attached hydrogens (tertiary/aromatic N) is 2. The van der Waals surface area contributed by atoms with Crippen molar-refractivity contribution in [3.8, 4) is 5.75 Å². The highest BCUT2D eigenvalue weighted by molar-refractivity contribution is 7.27. The maximum Gasteiger partial charge on any atom is 0.161 e. The van der Waals surface area contributed by atoms with E-state index in [1.807, 2.05) is 7.05 Å². The molecule has 0 fully saturated rings. The lowest BCUT2D eigenvalue weighted by Gasteiger charge is -2.12.